The van der Waals surface area contributed by atoms with Gasteiger partial charge in [-0.15, -0.1) is 13.2 Å². The van der Waals surface area contributed by atoms with Gasteiger partial charge in [0, 0.05) is 18.6 Å². The fourth-order valence-electron chi connectivity index (χ4n) is 2.72. The second-order valence-corrected chi connectivity index (χ2v) is 5.84. The molecule has 1 N–H and O–H groups in total. The quantitative estimate of drug-likeness (QED) is 0.504. The first-order chi connectivity index (χ1) is 11.4. The van der Waals surface area contributed by atoms with Crippen molar-refractivity contribution < 1.29 is 35.8 Å². The van der Waals surface area contributed by atoms with Crippen molar-refractivity contribution in [1.29, 1.82) is 0 Å². The molecule has 0 aromatic rings. The Morgan fingerprint density at radius 3 is 2.12 bits per heavy atom. The lowest BCUT2D eigenvalue weighted by Crippen LogP contribution is -2.61. The molecule has 0 aromatic carbocycles. The third kappa shape index (κ3) is 4.44. The summed E-state index contributed by atoms with van der Waals surface area (Å²) in [6, 6.07) is -0.987. The minimum Gasteiger partial charge on any atom is -0.385 e. The van der Waals surface area contributed by atoms with Gasteiger partial charge in [-0.2, -0.15) is 30.7 Å². The van der Waals surface area contributed by atoms with E-state index in [1.54, 1.807) is 12.2 Å². The van der Waals surface area contributed by atoms with Crippen LogP contribution in [0.1, 0.15) is 19.3 Å². The standard InChI is InChI=1S/C16H20F7NO/c1-3-6-11-8-5-9-12(7-4-2)24(11)10-13(25)14(17,18)15(19,20)16(21,22)23/h3-5,8,11-13,25H,1-2,6-7,9-10H2/t11-,12+,13-/m1/s1. The third-order valence-corrected chi connectivity index (χ3v) is 4.09. The highest BCUT2D eigenvalue weighted by Gasteiger charge is 2.75. The lowest BCUT2D eigenvalue weighted by Gasteiger charge is -2.41. The summed E-state index contributed by atoms with van der Waals surface area (Å²) in [6.07, 6.45) is -2.42. The molecule has 0 saturated heterocycles. The van der Waals surface area contributed by atoms with E-state index in [0.29, 0.717) is 12.8 Å². The Bertz CT molecular complexity index is 501. The molecule has 2 nitrogen and oxygen atoms in total. The minimum absolute atomic E-state index is 0.262. The van der Waals surface area contributed by atoms with E-state index in [1.165, 1.54) is 17.1 Å². The summed E-state index contributed by atoms with van der Waals surface area (Å²) in [6.45, 7) is 5.97. The van der Waals surface area contributed by atoms with Crippen LogP contribution in [0.5, 0.6) is 0 Å². The molecule has 25 heavy (non-hydrogen) atoms. The molecule has 0 bridgehead atoms. The van der Waals surface area contributed by atoms with Crippen molar-refractivity contribution in [2.75, 3.05) is 6.54 Å². The van der Waals surface area contributed by atoms with Crippen LogP contribution in [0.2, 0.25) is 0 Å². The van der Waals surface area contributed by atoms with E-state index in [0.717, 1.165) is 0 Å². The number of aliphatic hydroxyl groups excluding tert-OH is 1. The van der Waals surface area contributed by atoms with Crippen LogP contribution in [0.3, 0.4) is 0 Å². The van der Waals surface area contributed by atoms with E-state index in [4.69, 9.17) is 0 Å². The number of halogens is 7. The first kappa shape index (κ1) is 21.7. The summed E-state index contributed by atoms with van der Waals surface area (Å²) in [5, 5.41) is 9.55. The van der Waals surface area contributed by atoms with Crippen molar-refractivity contribution in [2.24, 2.45) is 0 Å². The van der Waals surface area contributed by atoms with Crippen molar-refractivity contribution in [3.63, 3.8) is 0 Å². The predicted molar refractivity (Wildman–Crippen MR) is 79.6 cm³/mol. The van der Waals surface area contributed by atoms with E-state index in [1.807, 2.05) is 0 Å². The second kappa shape index (κ2) is 7.90. The summed E-state index contributed by atoms with van der Waals surface area (Å²) in [5.41, 5.74) is 0. The summed E-state index contributed by atoms with van der Waals surface area (Å²) in [7, 11) is 0. The topological polar surface area (TPSA) is 23.5 Å². The van der Waals surface area contributed by atoms with Crippen LogP contribution in [-0.2, 0) is 0 Å². The van der Waals surface area contributed by atoms with E-state index >= 15 is 0 Å². The van der Waals surface area contributed by atoms with Crippen LogP contribution >= 0.6 is 0 Å². The molecule has 0 radical (unpaired) electrons. The van der Waals surface area contributed by atoms with Gasteiger partial charge >= 0.3 is 18.0 Å². The summed E-state index contributed by atoms with van der Waals surface area (Å²) >= 11 is 0. The number of alkyl halides is 7. The molecule has 1 rings (SSSR count). The zero-order valence-corrected chi connectivity index (χ0v) is 13.3. The molecular weight excluding hydrogens is 355 g/mol. The number of β-amino-alcohol motifs (C(OH)–C–C–N with tert-alkyl or cyclic N) is 1. The lowest BCUT2D eigenvalue weighted by atomic mass is 9.95. The van der Waals surface area contributed by atoms with E-state index in [-0.39, 0.29) is 6.42 Å². The van der Waals surface area contributed by atoms with E-state index in [2.05, 4.69) is 13.2 Å². The highest BCUT2D eigenvalue weighted by molar-refractivity contribution is 5.08. The fraction of sp³-hybridized carbons (Fsp3) is 0.625. The van der Waals surface area contributed by atoms with Gasteiger partial charge in [-0.3, -0.25) is 4.90 Å². The molecule has 9 heteroatoms. The predicted octanol–water partition coefficient (Wildman–Crippen LogP) is 4.33. The maximum atomic E-state index is 13.7. The summed E-state index contributed by atoms with van der Waals surface area (Å²) in [5.74, 6) is -12.0. The third-order valence-electron chi connectivity index (χ3n) is 4.09. The minimum atomic E-state index is -6.47. The van der Waals surface area contributed by atoms with Crippen LogP contribution in [0, 0.1) is 0 Å². The second-order valence-electron chi connectivity index (χ2n) is 5.84. The Morgan fingerprint density at radius 1 is 1.08 bits per heavy atom. The van der Waals surface area contributed by atoms with Gasteiger partial charge in [0.05, 0.1) is 0 Å². The molecule has 0 fully saturated rings. The van der Waals surface area contributed by atoms with Gasteiger partial charge in [0.1, 0.15) is 6.10 Å². The molecular formula is C16H20F7NO. The Hall–Kier alpha value is -1.35. The maximum absolute atomic E-state index is 13.7. The van der Waals surface area contributed by atoms with Crippen molar-refractivity contribution in [3.05, 3.63) is 37.5 Å². The van der Waals surface area contributed by atoms with Crippen LogP contribution in [0.25, 0.3) is 0 Å². The Morgan fingerprint density at radius 2 is 1.64 bits per heavy atom. The van der Waals surface area contributed by atoms with Crippen LogP contribution < -0.4 is 0 Å². The number of hydrogen-bond acceptors (Lipinski definition) is 2. The molecule has 1 aliphatic rings. The lowest BCUT2D eigenvalue weighted by molar-refractivity contribution is -0.371. The molecule has 0 aromatic heterocycles. The van der Waals surface area contributed by atoms with Crippen LogP contribution in [0.15, 0.2) is 37.5 Å². The van der Waals surface area contributed by atoms with Crippen LogP contribution in [-0.4, -0.2) is 52.8 Å². The van der Waals surface area contributed by atoms with E-state index in [9.17, 15) is 35.8 Å². The molecule has 1 aliphatic heterocycles. The number of aliphatic hydroxyl groups is 1. The van der Waals surface area contributed by atoms with Gasteiger partial charge in [-0.05, 0) is 19.3 Å². The van der Waals surface area contributed by atoms with Crippen molar-refractivity contribution in [3.8, 4) is 0 Å². The number of rotatable bonds is 8. The largest absolute Gasteiger partial charge is 0.459 e. The van der Waals surface area contributed by atoms with Gasteiger partial charge in [-0.25, -0.2) is 0 Å². The Balaban J connectivity index is 3.07. The summed E-state index contributed by atoms with van der Waals surface area (Å²) < 4.78 is 90.4. The number of nitrogens with zero attached hydrogens (tertiary/aromatic N) is 1. The molecule has 0 aliphatic carbocycles. The summed E-state index contributed by atoms with van der Waals surface area (Å²) in [4.78, 5) is 1.29. The Kier molecular flexibility index (Phi) is 6.86. The highest BCUT2D eigenvalue weighted by atomic mass is 19.4. The van der Waals surface area contributed by atoms with Crippen LogP contribution in [0.4, 0.5) is 30.7 Å². The molecule has 0 saturated carbocycles. The normalized spacial score (nSPS) is 24.2. The Labute approximate surface area is 141 Å². The van der Waals surface area contributed by atoms with Crippen molar-refractivity contribution >= 4 is 0 Å². The van der Waals surface area contributed by atoms with Gasteiger partial charge in [-0.1, -0.05) is 24.3 Å². The zero-order valence-electron chi connectivity index (χ0n) is 13.3. The molecule has 0 amide bonds. The SMILES string of the molecule is C=CC[C@H]1CC=C[C@@H](CC=C)N1C[C@@H](O)C(F)(F)C(F)(F)C(F)(F)F. The monoisotopic (exact) mass is 375 g/mol. The smallest absolute Gasteiger partial charge is 0.385 e. The maximum Gasteiger partial charge on any atom is 0.459 e. The average Bonchev–Trinajstić information content (AvgIpc) is 2.49. The van der Waals surface area contributed by atoms with Crippen molar-refractivity contribution in [1.82, 2.24) is 4.90 Å². The van der Waals surface area contributed by atoms with Gasteiger partial charge in [0.15, 0.2) is 0 Å². The number of hydrogen-bond donors (Lipinski definition) is 1. The molecule has 0 spiro atoms. The van der Waals surface area contributed by atoms with Gasteiger partial charge in [0.2, 0.25) is 0 Å². The molecule has 0 unspecified atom stereocenters. The first-order valence-electron chi connectivity index (χ1n) is 7.54. The first-order valence-corrected chi connectivity index (χ1v) is 7.54. The highest BCUT2D eigenvalue weighted by Crippen LogP contribution is 2.48. The average molecular weight is 375 g/mol. The van der Waals surface area contributed by atoms with Gasteiger partial charge < -0.3 is 5.11 Å². The van der Waals surface area contributed by atoms with Crippen molar-refractivity contribution in [2.45, 2.75) is 55.5 Å². The fourth-order valence-corrected chi connectivity index (χ4v) is 2.72. The molecule has 3 atom stereocenters. The van der Waals surface area contributed by atoms with Gasteiger partial charge in [0.25, 0.3) is 0 Å². The zero-order chi connectivity index (χ0) is 19.5. The molecule has 144 valence electrons. The molecule has 1 heterocycles. The van der Waals surface area contributed by atoms with E-state index < -0.39 is 42.8 Å².